The van der Waals surface area contributed by atoms with Crippen LogP contribution in [0.1, 0.15) is 18.5 Å². The number of imide groups is 2. The third-order valence-electron chi connectivity index (χ3n) is 6.31. The standard InChI is InChI=1S/C24H25N5O10S/c1-12(30)39-10-14-11-40-20-16(19(32)29(20)17(14)21(33)34)25-18(31)15(13-6-4-3-5-7-13)26-22(35)27-8-9-28(23(27)36)24(37)38-2/h3-7,15-16,20H,8-11H2,1-2H3,(H,25,31)(H,26,35)(H,33,34)/t15-,16?,20-/m1/s1. The molecule has 1 unspecified atom stereocenters. The number of carboxylic acids is 1. The highest BCUT2D eigenvalue weighted by molar-refractivity contribution is 8.00. The lowest BCUT2D eigenvalue weighted by molar-refractivity contribution is -0.151. The van der Waals surface area contributed by atoms with Crippen molar-refractivity contribution in [3.05, 3.63) is 47.2 Å². The van der Waals surface area contributed by atoms with Gasteiger partial charge in [-0.2, -0.15) is 0 Å². The van der Waals surface area contributed by atoms with E-state index in [4.69, 9.17) is 4.74 Å². The van der Waals surface area contributed by atoms with Gasteiger partial charge in [-0.05, 0) is 5.56 Å². The van der Waals surface area contributed by atoms with Crippen LogP contribution in [0.25, 0.3) is 0 Å². The van der Waals surface area contributed by atoms with Crippen LogP contribution in [-0.4, -0.2) is 106 Å². The van der Waals surface area contributed by atoms with Crippen LogP contribution in [0.3, 0.4) is 0 Å². The zero-order valence-electron chi connectivity index (χ0n) is 21.3. The summed E-state index contributed by atoms with van der Waals surface area (Å²) in [5.74, 6) is -3.31. The van der Waals surface area contributed by atoms with Crippen LogP contribution in [0, 0.1) is 0 Å². The normalized spacial score (nSPS) is 20.8. The molecule has 0 spiro atoms. The second kappa shape index (κ2) is 11.6. The fraction of sp³-hybridized carbons (Fsp3) is 0.375. The van der Waals surface area contributed by atoms with Gasteiger partial charge in [0.05, 0.1) is 20.2 Å². The molecule has 0 aromatic heterocycles. The summed E-state index contributed by atoms with van der Waals surface area (Å²) in [5, 5.41) is 14.0. The first kappa shape index (κ1) is 28.4. The lowest BCUT2D eigenvalue weighted by atomic mass is 10.0. The maximum Gasteiger partial charge on any atom is 0.417 e. The molecule has 4 rings (SSSR count). The average molecular weight is 576 g/mol. The first-order valence-electron chi connectivity index (χ1n) is 11.9. The Balaban J connectivity index is 1.50. The molecule has 0 saturated carbocycles. The van der Waals surface area contributed by atoms with Gasteiger partial charge in [0.25, 0.3) is 5.91 Å². The van der Waals surface area contributed by atoms with Crippen molar-refractivity contribution in [3.63, 3.8) is 0 Å². The predicted molar refractivity (Wildman–Crippen MR) is 135 cm³/mol. The van der Waals surface area contributed by atoms with Crippen LogP contribution in [0.15, 0.2) is 41.6 Å². The van der Waals surface area contributed by atoms with Crippen LogP contribution in [-0.2, 0) is 28.7 Å². The lowest BCUT2D eigenvalue weighted by Gasteiger charge is -2.49. The number of carbonyl (C=O) groups is 7. The zero-order chi connectivity index (χ0) is 29.1. The molecule has 16 heteroatoms. The van der Waals surface area contributed by atoms with Crippen molar-refractivity contribution in [2.24, 2.45) is 0 Å². The van der Waals surface area contributed by atoms with E-state index in [-0.39, 0.29) is 36.7 Å². The Kier molecular flexibility index (Phi) is 8.27. The van der Waals surface area contributed by atoms with E-state index in [9.17, 15) is 38.7 Å². The third-order valence-corrected chi connectivity index (χ3v) is 7.65. The number of rotatable bonds is 7. The summed E-state index contributed by atoms with van der Waals surface area (Å²) in [5.41, 5.74) is 0.281. The molecule has 0 aliphatic carbocycles. The first-order chi connectivity index (χ1) is 19.0. The molecule has 1 aromatic rings. The molecular formula is C24H25N5O10S. The highest BCUT2D eigenvalue weighted by atomic mass is 32.2. The van der Waals surface area contributed by atoms with Crippen LogP contribution in [0.5, 0.6) is 0 Å². The largest absolute Gasteiger partial charge is 0.477 e. The average Bonchev–Trinajstić information content (AvgIpc) is 3.33. The molecule has 1 aromatic carbocycles. The number of hydrogen-bond acceptors (Lipinski definition) is 10. The number of nitrogens with zero attached hydrogens (tertiary/aromatic N) is 3. The number of fused-ring (bicyclic) bond motifs is 1. The zero-order valence-corrected chi connectivity index (χ0v) is 22.1. The number of aliphatic carboxylic acids is 1. The van der Waals surface area contributed by atoms with Gasteiger partial charge in [0.2, 0.25) is 5.91 Å². The molecule has 3 atom stereocenters. The number of urea groups is 2. The number of nitrogens with one attached hydrogen (secondary N) is 2. The molecule has 3 aliphatic heterocycles. The van der Waals surface area contributed by atoms with Gasteiger partial charge in [-0.1, -0.05) is 30.3 Å². The minimum atomic E-state index is -1.38. The second-order valence-corrected chi connectivity index (χ2v) is 9.89. The number of benzene rings is 1. The number of β-lactam (4-membered cyclic amide) rings is 1. The summed E-state index contributed by atoms with van der Waals surface area (Å²) in [6.45, 7) is 0.669. The number of methoxy groups -OCH3 is 1. The van der Waals surface area contributed by atoms with Crippen molar-refractivity contribution in [3.8, 4) is 0 Å². The summed E-state index contributed by atoms with van der Waals surface area (Å²) < 4.78 is 9.45. The minimum absolute atomic E-state index is 0.0920. The molecule has 3 heterocycles. The highest BCUT2D eigenvalue weighted by Gasteiger charge is 2.54. The van der Waals surface area contributed by atoms with E-state index in [0.29, 0.717) is 5.56 Å². The number of esters is 1. The van der Waals surface area contributed by atoms with Crippen LogP contribution >= 0.6 is 11.8 Å². The highest BCUT2D eigenvalue weighted by Crippen LogP contribution is 2.40. The quantitative estimate of drug-likeness (QED) is 0.298. The Morgan fingerprint density at radius 1 is 1.10 bits per heavy atom. The van der Waals surface area contributed by atoms with E-state index in [0.717, 1.165) is 21.8 Å². The predicted octanol–water partition coefficient (Wildman–Crippen LogP) is 0.243. The van der Waals surface area contributed by atoms with Gasteiger partial charge in [0.15, 0.2) is 0 Å². The van der Waals surface area contributed by atoms with Gasteiger partial charge in [-0.15, -0.1) is 11.8 Å². The van der Waals surface area contributed by atoms with E-state index in [2.05, 4.69) is 15.4 Å². The maximum atomic E-state index is 13.4. The molecule has 0 radical (unpaired) electrons. The Bertz CT molecular complexity index is 1300. The van der Waals surface area contributed by atoms with E-state index in [1.54, 1.807) is 30.3 Å². The molecule has 2 saturated heterocycles. The van der Waals surface area contributed by atoms with Gasteiger partial charge < -0.3 is 25.2 Å². The van der Waals surface area contributed by atoms with Gasteiger partial charge in [0, 0.05) is 18.2 Å². The Morgan fingerprint density at radius 2 is 1.77 bits per heavy atom. The molecular weight excluding hydrogens is 550 g/mol. The van der Waals surface area contributed by atoms with E-state index in [1.807, 2.05) is 0 Å². The number of carboxylic acid groups (broad SMARTS) is 1. The molecule has 7 amide bonds. The van der Waals surface area contributed by atoms with Crippen LogP contribution in [0.2, 0.25) is 0 Å². The molecule has 212 valence electrons. The van der Waals surface area contributed by atoms with Gasteiger partial charge >= 0.3 is 30.1 Å². The third kappa shape index (κ3) is 5.42. The molecule has 3 aliphatic rings. The summed E-state index contributed by atoms with van der Waals surface area (Å²) in [7, 11) is 1.09. The number of amides is 7. The van der Waals surface area contributed by atoms with Crippen molar-refractivity contribution in [1.82, 2.24) is 25.3 Å². The van der Waals surface area contributed by atoms with Crippen molar-refractivity contribution in [2.45, 2.75) is 24.4 Å². The molecule has 3 N–H and O–H groups in total. The Morgan fingerprint density at radius 3 is 2.40 bits per heavy atom. The van der Waals surface area contributed by atoms with Crippen molar-refractivity contribution < 1.29 is 48.1 Å². The van der Waals surface area contributed by atoms with Gasteiger partial charge in [0.1, 0.15) is 29.8 Å². The van der Waals surface area contributed by atoms with Crippen LogP contribution < -0.4 is 10.6 Å². The molecule has 40 heavy (non-hydrogen) atoms. The molecule has 2 fully saturated rings. The molecule has 15 nitrogen and oxygen atoms in total. The number of hydrogen-bond donors (Lipinski definition) is 3. The van der Waals surface area contributed by atoms with Gasteiger partial charge in [-0.3, -0.25) is 19.3 Å². The first-order valence-corrected chi connectivity index (χ1v) is 13.0. The second-order valence-electron chi connectivity index (χ2n) is 8.78. The molecule has 0 bridgehead atoms. The summed E-state index contributed by atoms with van der Waals surface area (Å²) in [6, 6.07) is 3.77. The topological polar surface area (TPSA) is 192 Å². The maximum absolute atomic E-state index is 13.4. The van der Waals surface area contributed by atoms with Gasteiger partial charge in [-0.25, -0.2) is 29.0 Å². The summed E-state index contributed by atoms with van der Waals surface area (Å²) in [4.78, 5) is 89.3. The summed E-state index contributed by atoms with van der Waals surface area (Å²) >= 11 is 1.18. The van der Waals surface area contributed by atoms with E-state index >= 15 is 0 Å². The Labute approximate surface area is 231 Å². The van der Waals surface area contributed by atoms with E-state index < -0.39 is 59.4 Å². The fourth-order valence-corrected chi connectivity index (χ4v) is 5.70. The number of carbonyl (C=O) groups excluding carboxylic acids is 6. The van der Waals surface area contributed by atoms with Crippen molar-refractivity contribution >= 4 is 53.7 Å². The minimum Gasteiger partial charge on any atom is -0.477 e. The van der Waals surface area contributed by atoms with E-state index in [1.165, 1.54) is 18.7 Å². The smallest absolute Gasteiger partial charge is 0.417 e. The number of ether oxygens (including phenoxy) is 2. The number of thioether (sulfide) groups is 1. The summed E-state index contributed by atoms with van der Waals surface area (Å²) in [6.07, 6.45) is -0.929. The van der Waals surface area contributed by atoms with Crippen molar-refractivity contribution in [2.75, 3.05) is 32.6 Å². The SMILES string of the molecule is COC(=O)N1CCN(C(=O)N[C@@H](C(=O)NC2C(=O)N3C(C(=O)O)=C(COC(C)=O)CS[C@H]23)c2ccccc2)C1=O. The van der Waals surface area contributed by atoms with Crippen molar-refractivity contribution in [1.29, 1.82) is 0 Å². The Hall–Kier alpha value is -4.60. The lowest BCUT2D eigenvalue weighted by Crippen LogP contribution is -2.71. The fourth-order valence-electron chi connectivity index (χ4n) is 4.37. The monoisotopic (exact) mass is 575 g/mol. The van der Waals surface area contributed by atoms with Crippen LogP contribution in [0.4, 0.5) is 14.4 Å².